The number of nitrogens with zero attached hydrogens (tertiary/aromatic N) is 2. The zero-order chi connectivity index (χ0) is 20.2. The third-order valence-electron chi connectivity index (χ3n) is 4.41. The van der Waals surface area contributed by atoms with Gasteiger partial charge in [0.2, 0.25) is 0 Å². The molecule has 4 rings (SSSR count). The van der Waals surface area contributed by atoms with E-state index in [9.17, 15) is 9.18 Å². The Bertz CT molecular complexity index is 1130. The summed E-state index contributed by atoms with van der Waals surface area (Å²) in [5.74, 6) is 0.228. The van der Waals surface area contributed by atoms with Crippen LogP contribution in [-0.4, -0.2) is 17.5 Å². The Balaban J connectivity index is 1.71. The molecule has 1 aromatic heterocycles. The summed E-state index contributed by atoms with van der Waals surface area (Å²) in [4.78, 5) is 19.5. The number of amides is 1. The Labute approximate surface area is 172 Å². The van der Waals surface area contributed by atoms with Crippen molar-refractivity contribution in [2.75, 3.05) is 11.5 Å². The van der Waals surface area contributed by atoms with E-state index in [0.29, 0.717) is 39.8 Å². The van der Waals surface area contributed by atoms with Gasteiger partial charge in [-0.1, -0.05) is 41.7 Å². The molecule has 0 aliphatic carbocycles. The summed E-state index contributed by atoms with van der Waals surface area (Å²) in [7, 11) is 0. The molecule has 146 valence electrons. The van der Waals surface area contributed by atoms with Crippen LogP contribution in [0.1, 0.15) is 22.8 Å². The number of carbonyl (C=O) groups is 1. The van der Waals surface area contributed by atoms with Gasteiger partial charge in [0.25, 0.3) is 5.91 Å². The molecule has 1 heterocycles. The van der Waals surface area contributed by atoms with Crippen LogP contribution in [0.5, 0.6) is 5.75 Å². The van der Waals surface area contributed by atoms with E-state index in [-0.39, 0.29) is 11.7 Å². The van der Waals surface area contributed by atoms with Gasteiger partial charge in [0.05, 0.1) is 23.4 Å². The lowest BCUT2D eigenvalue weighted by molar-refractivity contribution is 0.0985. The van der Waals surface area contributed by atoms with Gasteiger partial charge in [0, 0.05) is 5.56 Å². The smallest absolute Gasteiger partial charge is 0.260 e. The number of halogens is 1. The average molecular weight is 406 g/mol. The molecule has 0 saturated carbocycles. The molecule has 0 saturated heterocycles. The summed E-state index contributed by atoms with van der Waals surface area (Å²) in [6.45, 7) is 2.85. The number of thiazole rings is 1. The normalized spacial score (nSPS) is 10.8. The number of anilines is 1. The van der Waals surface area contributed by atoms with Crippen molar-refractivity contribution in [1.82, 2.24) is 4.98 Å². The molecule has 4 aromatic rings. The molecule has 0 aliphatic heterocycles. The molecule has 0 fully saturated rings. The SMILES string of the molecule is CCOc1ccc(C(=O)N(Cc2ccccc2)c2nc3ccc(F)cc3s2)cc1. The molecule has 0 N–H and O–H groups in total. The minimum absolute atomic E-state index is 0.170. The topological polar surface area (TPSA) is 42.4 Å². The second-order valence-electron chi connectivity index (χ2n) is 6.44. The number of rotatable bonds is 6. The molecule has 0 bridgehead atoms. The maximum absolute atomic E-state index is 13.6. The lowest BCUT2D eigenvalue weighted by Gasteiger charge is -2.20. The third kappa shape index (κ3) is 4.27. The molecule has 1 amide bonds. The molecular formula is C23H19FN2O2S. The van der Waals surface area contributed by atoms with Crippen LogP contribution in [0.2, 0.25) is 0 Å². The van der Waals surface area contributed by atoms with Crippen molar-refractivity contribution in [1.29, 1.82) is 0 Å². The molecule has 0 spiro atoms. The van der Waals surface area contributed by atoms with E-state index in [1.165, 1.54) is 23.5 Å². The van der Waals surface area contributed by atoms with E-state index in [0.717, 1.165) is 5.56 Å². The molecule has 0 unspecified atom stereocenters. The maximum Gasteiger partial charge on any atom is 0.260 e. The lowest BCUT2D eigenvalue weighted by atomic mass is 10.1. The zero-order valence-electron chi connectivity index (χ0n) is 15.8. The number of benzene rings is 3. The van der Waals surface area contributed by atoms with Crippen molar-refractivity contribution in [3.05, 3.63) is 89.7 Å². The van der Waals surface area contributed by atoms with Crippen LogP contribution < -0.4 is 9.64 Å². The predicted octanol–water partition coefficient (Wildman–Crippen LogP) is 5.68. The van der Waals surface area contributed by atoms with Crippen molar-refractivity contribution >= 4 is 32.6 Å². The van der Waals surface area contributed by atoms with E-state index < -0.39 is 0 Å². The highest BCUT2D eigenvalue weighted by molar-refractivity contribution is 7.22. The molecule has 6 heteroatoms. The lowest BCUT2D eigenvalue weighted by Crippen LogP contribution is -2.30. The monoisotopic (exact) mass is 406 g/mol. The third-order valence-corrected chi connectivity index (χ3v) is 5.45. The van der Waals surface area contributed by atoms with Crippen molar-refractivity contribution in [2.24, 2.45) is 0 Å². The second kappa shape index (κ2) is 8.41. The first-order valence-electron chi connectivity index (χ1n) is 9.29. The largest absolute Gasteiger partial charge is 0.494 e. The first-order valence-corrected chi connectivity index (χ1v) is 10.1. The van der Waals surface area contributed by atoms with E-state index in [1.54, 1.807) is 35.2 Å². The van der Waals surface area contributed by atoms with Crippen molar-refractivity contribution in [3.8, 4) is 5.75 Å². The van der Waals surface area contributed by atoms with Gasteiger partial charge in [0.1, 0.15) is 11.6 Å². The number of ether oxygens (including phenoxy) is 1. The molecule has 29 heavy (non-hydrogen) atoms. The van der Waals surface area contributed by atoms with Crippen LogP contribution in [0, 0.1) is 5.82 Å². The molecule has 0 aliphatic rings. The average Bonchev–Trinajstić information content (AvgIpc) is 3.16. The summed E-state index contributed by atoms with van der Waals surface area (Å²) >= 11 is 1.30. The summed E-state index contributed by atoms with van der Waals surface area (Å²) in [5, 5.41) is 0.535. The van der Waals surface area contributed by atoms with Gasteiger partial charge in [-0.05, 0) is 55.0 Å². The van der Waals surface area contributed by atoms with Gasteiger partial charge in [-0.25, -0.2) is 9.37 Å². The minimum atomic E-state index is -0.319. The number of aromatic nitrogens is 1. The van der Waals surface area contributed by atoms with Gasteiger partial charge in [0.15, 0.2) is 5.13 Å². The molecule has 0 radical (unpaired) electrons. The van der Waals surface area contributed by atoms with Gasteiger partial charge >= 0.3 is 0 Å². The van der Waals surface area contributed by atoms with Crippen LogP contribution in [0.25, 0.3) is 10.2 Å². The van der Waals surface area contributed by atoms with Crippen molar-refractivity contribution < 1.29 is 13.9 Å². The van der Waals surface area contributed by atoms with E-state index in [4.69, 9.17) is 4.74 Å². The summed E-state index contributed by atoms with van der Waals surface area (Å²) < 4.78 is 19.8. The Morgan fingerprint density at radius 3 is 2.55 bits per heavy atom. The first kappa shape index (κ1) is 19.1. The fraction of sp³-hybridized carbons (Fsp3) is 0.130. The van der Waals surface area contributed by atoms with Crippen molar-refractivity contribution in [2.45, 2.75) is 13.5 Å². The fourth-order valence-corrected chi connectivity index (χ4v) is 4.00. The number of hydrogen-bond acceptors (Lipinski definition) is 4. The molecule has 3 aromatic carbocycles. The highest BCUT2D eigenvalue weighted by Crippen LogP contribution is 2.31. The highest BCUT2D eigenvalue weighted by atomic mass is 32.1. The molecule has 0 atom stereocenters. The standard InChI is InChI=1S/C23H19FN2O2S/c1-2-28-19-11-8-17(9-12-19)22(27)26(15-16-6-4-3-5-7-16)23-25-20-13-10-18(24)14-21(20)29-23/h3-14H,2,15H2,1H3. The Kier molecular flexibility index (Phi) is 5.53. The van der Waals surface area contributed by atoms with Crippen LogP contribution >= 0.6 is 11.3 Å². The van der Waals surface area contributed by atoms with Crippen LogP contribution in [-0.2, 0) is 6.54 Å². The van der Waals surface area contributed by atoms with Crippen molar-refractivity contribution in [3.63, 3.8) is 0 Å². The van der Waals surface area contributed by atoms with E-state index in [1.807, 2.05) is 37.3 Å². The van der Waals surface area contributed by atoms with Crippen LogP contribution in [0.4, 0.5) is 9.52 Å². The van der Waals surface area contributed by atoms with Crippen LogP contribution in [0.3, 0.4) is 0 Å². The fourth-order valence-electron chi connectivity index (χ4n) is 3.01. The summed E-state index contributed by atoms with van der Waals surface area (Å²) in [5.41, 5.74) is 2.19. The number of hydrogen-bond donors (Lipinski definition) is 0. The molecular weight excluding hydrogens is 387 g/mol. The van der Waals surface area contributed by atoms with Crippen LogP contribution in [0.15, 0.2) is 72.8 Å². The minimum Gasteiger partial charge on any atom is -0.494 e. The summed E-state index contributed by atoms with van der Waals surface area (Å²) in [6, 6.07) is 21.2. The predicted molar refractivity (Wildman–Crippen MR) is 114 cm³/mol. The number of carbonyl (C=O) groups excluding carboxylic acids is 1. The van der Waals surface area contributed by atoms with Gasteiger partial charge in [-0.3, -0.25) is 9.69 Å². The van der Waals surface area contributed by atoms with Gasteiger partial charge in [-0.15, -0.1) is 0 Å². The highest BCUT2D eigenvalue weighted by Gasteiger charge is 2.22. The van der Waals surface area contributed by atoms with Gasteiger partial charge < -0.3 is 4.74 Å². The van der Waals surface area contributed by atoms with Gasteiger partial charge in [-0.2, -0.15) is 0 Å². The molecule has 4 nitrogen and oxygen atoms in total. The Hall–Kier alpha value is -3.25. The summed E-state index contributed by atoms with van der Waals surface area (Å²) in [6.07, 6.45) is 0. The zero-order valence-corrected chi connectivity index (χ0v) is 16.7. The van der Waals surface area contributed by atoms with E-state index >= 15 is 0 Å². The Morgan fingerprint density at radius 1 is 1.07 bits per heavy atom. The van der Waals surface area contributed by atoms with E-state index in [2.05, 4.69) is 4.98 Å². The Morgan fingerprint density at radius 2 is 1.83 bits per heavy atom. The first-order chi connectivity index (χ1) is 14.1. The maximum atomic E-state index is 13.6. The quantitative estimate of drug-likeness (QED) is 0.414. The number of fused-ring (bicyclic) bond motifs is 1. The second-order valence-corrected chi connectivity index (χ2v) is 7.45.